The van der Waals surface area contributed by atoms with Gasteiger partial charge in [-0.05, 0) is 56.4 Å². The van der Waals surface area contributed by atoms with Crippen LogP contribution in [0.25, 0.3) is 0 Å². The number of amides is 1. The van der Waals surface area contributed by atoms with Crippen LogP contribution in [-0.2, 0) is 19.6 Å². The molecule has 1 amide bonds. The van der Waals surface area contributed by atoms with Crippen molar-refractivity contribution in [3.8, 4) is 0 Å². The van der Waals surface area contributed by atoms with E-state index in [0.29, 0.717) is 30.7 Å². The number of hydrogen-bond donors (Lipinski definition) is 2. The summed E-state index contributed by atoms with van der Waals surface area (Å²) in [4.78, 5) is 24.5. The largest absolute Gasteiger partial charge is 0.481 e. The normalized spacial score (nSPS) is 22.9. The maximum atomic E-state index is 13.5. The molecule has 7 nitrogen and oxygen atoms in total. The van der Waals surface area contributed by atoms with Crippen LogP contribution in [0.2, 0.25) is 5.02 Å². The second-order valence-electron chi connectivity index (χ2n) is 8.71. The minimum atomic E-state index is -3.94. The molecule has 3 rings (SSSR count). The fraction of sp³-hybridized carbons (Fsp3) is 0.636. The lowest BCUT2D eigenvalue weighted by molar-refractivity contribution is -0.144. The average molecular weight is 471 g/mol. The van der Waals surface area contributed by atoms with Gasteiger partial charge in [-0.2, -0.15) is 4.31 Å². The van der Waals surface area contributed by atoms with Gasteiger partial charge in [-0.15, -0.1) is 0 Å². The van der Waals surface area contributed by atoms with Crippen LogP contribution in [0.15, 0.2) is 23.1 Å². The number of nitrogens with zero attached hydrogens (tertiary/aromatic N) is 1. The topological polar surface area (TPSA) is 104 Å². The van der Waals surface area contributed by atoms with Crippen molar-refractivity contribution in [2.24, 2.45) is 5.92 Å². The molecule has 31 heavy (non-hydrogen) atoms. The quantitative estimate of drug-likeness (QED) is 0.631. The molecule has 1 aromatic carbocycles. The molecule has 2 fully saturated rings. The Morgan fingerprint density at radius 1 is 1.06 bits per heavy atom. The molecule has 0 saturated heterocycles. The van der Waals surface area contributed by atoms with E-state index in [1.165, 1.54) is 10.4 Å². The number of aliphatic carboxylic acids is 1. The molecule has 172 valence electrons. The van der Waals surface area contributed by atoms with Crippen LogP contribution < -0.4 is 5.32 Å². The lowest BCUT2D eigenvalue weighted by Crippen LogP contribution is -2.51. The highest BCUT2D eigenvalue weighted by Crippen LogP contribution is 2.30. The van der Waals surface area contributed by atoms with Gasteiger partial charge >= 0.3 is 5.97 Å². The third-order valence-corrected chi connectivity index (χ3v) is 8.43. The Morgan fingerprint density at radius 2 is 1.71 bits per heavy atom. The van der Waals surface area contributed by atoms with Crippen LogP contribution in [0.1, 0.15) is 63.4 Å². The second kappa shape index (κ2) is 10.3. The molecule has 1 aromatic rings. The number of aryl methyl sites for hydroxylation is 1. The number of hydrogen-bond acceptors (Lipinski definition) is 4. The molecule has 0 bridgehead atoms. The van der Waals surface area contributed by atoms with Gasteiger partial charge in [0.2, 0.25) is 15.9 Å². The van der Waals surface area contributed by atoms with Gasteiger partial charge in [0.1, 0.15) is 0 Å². The van der Waals surface area contributed by atoms with Crippen LogP contribution >= 0.6 is 11.6 Å². The number of carbonyl (C=O) groups is 2. The summed E-state index contributed by atoms with van der Waals surface area (Å²) in [6, 6.07) is 3.94. The van der Waals surface area contributed by atoms with Crippen molar-refractivity contribution in [3.05, 3.63) is 28.8 Å². The van der Waals surface area contributed by atoms with Crippen molar-refractivity contribution in [1.29, 1.82) is 0 Å². The minimum absolute atomic E-state index is 0.0805. The molecule has 2 atom stereocenters. The molecule has 2 unspecified atom stereocenters. The van der Waals surface area contributed by atoms with Gasteiger partial charge in [-0.3, -0.25) is 9.59 Å². The molecule has 2 N–H and O–H groups in total. The van der Waals surface area contributed by atoms with Gasteiger partial charge in [-0.1, -0.05) is 43.7 Å². The van der Waals surface area contributed by atoms with Gasteiger partial charge in [0.05, 0.1) is 17.4 Å². The molecule has 0 radical (unpaired) electrons. The SMILES string of the molecule is Cc1cc(Cl)cc(S(=O)(=O)N(CC(=O)NC2CCCCC2C(=O)O)C2CCCCC2)c1. The highest BCUT2D eigenvalue weighted by molar-refractivity contribution is 7.89. The van der Waals surface area contributed by atoms with Gasteiger partial charge < -0.3 is 10.4 Å². The van der Waals surface area contributed by atoms with Crippen LogP contribution in [0.5, 0.6) is 0 Å². The molecule has 9 heteroatoms. The van der Waals surface area contributed by atoms with E-state index >= 15 is 0 Å². The molecule has 0 spiro atoms. The summed E-state index contributed by atoms with van der Waals surface area (Å²) in [6.07, 6.45) is 7.06. The first-order valence-corrected chi connectivity index (χ1v) is 12.8. The number of sulfonamides is 1. The first-order valence-electron chi connectivity index (χ1n) is 11.0. The number of halogens is 1. The Morgan fingerprint density at radius 3 is 2.35 bits per heavy atom. The van der Waals surface area contributed by atoms with E-state index in [1.54, 1.807) is 19.1 Å². The van der Waals surface area contributed by atoms with Crippen molar-refractivity contribution >= 4 is 33.5 Å². The zero-order chi connectivity index (χ0) is 22.6. The van der Waals surface area contributed by atoms with Gasteiger partial charge in [0.15, 0.2) is 0 Å². The Bertz CT molecular complexity index is 894. The maximum absolute atomic E-state index is 13.5. The summed E-state index contributed by atoms with van der Waals surface area (Å²) >= 11 is 6.11. The number of carboxylic acid groups (broad SMARTS) is 1. The summed E-state index contributed by atoms with van der Waals surface area (Å²) in [5.41, 5.74) is 0.727. The third kappa shape index (κ3) is 5.99. The fourth-order valence-electron chi connectivity index (χ4n) is 4.76. The zero-order valence-corrected chi connectivity index (χ0v) is 19.4. The highest BCUT2D eigenvalue weighted by Gasteiger charge is 2.36. The van der Waals surface area contributed by atoms with Crippen molar-refractivity contribution in [3.63, 3.8) is 0 Å². The minimum Gasteiger partial charge on any atom is -0.481 e. The number of carbonyl (C=O) groups excluding carboxylic acids is 1. The summed E-state index contributed by atoms with van der Waals surface area (Å²) < 4.78 is 28.4. The Kier molecular flexibility index (Phi) is 7.99. The Hall–Kier alpha value is -1.64. The smallest absolute Gasteiger partial charge is 0.308 e. The van der Waals surface area contributed by atoms with E-state index < -0.39 is 33.9 Å². The Balaban J connectivity index is 1.83. The zero-order valence-electron chi connectivity index (χ0n) is 17.8. The second-order valence-corrected chi connectivity index (χ2v) is 11.0. The lowest BCUT2D eigenvalue weighted by Gasteiger charge is -2.34. The fourth-order valence-corrected chi connectivity index (χ4v) is 6.89. The van der Waals surface area contributed by atoms with E-state index in [4.69, 9.17) is 11.6 Å². The standard InChI is InChI=1S/C22H31ClN2O5S/c1-15-11-16(23)13-18(12-15)31(29,30)25(17-7-3-2-4-8-17)14-21(26)24-20-10-6-5-9-19(20)22(27)28/h11-13,17,19-20H,2-10,14H2,1H3,(H,24,26)(H,27,28). The molecule has 0 aromatic heterocycles. The van der Waals surface area contributed by atoms with Crippen molar-refractivity contribution in [1.82, 2.24) is 9.62 Å². The Labute approximate surface area is 189 Å². The van der Waals surface area contributed by atoms with Gasteiger partial charge in [-0.25, -0.2) is 8.42 Å². The molecule has 2 aliphatic rings. The van der Waals surface area contributed by atoms with E-state index in [0.717, 1.165) is 37.7 Å². The first-order chi connectivity index (χ1) is 14.7. The molecule has 2 saturated carbocycles. The van der Waals surface area contributed by atoms with E-state index in [9.17, 15) is 23.1 Å². The van der Waals surface area contributed by atoms with E-state index in [1.807, 2.05) is 0 Å². The molecular weight excluding hydrogens is 440 g/mol. The van der Waals surface area contributed by atoms with E-state index in [2.05, 4.69) is 5.32 Å². The summed E-state index contributed by atoms with van der Waals surface area (Å²) in [7, 11) is -3.94. The average Bonchev–Trinajstić information content (AvgIpc) is 2.72. The predicted molar refractivity (Wildman–Crippen MR) is 118 cm³/mol. The molecular formula is C22H31ClN2O5S. The summed E-state index contributed by atoms with van der Waals surface area (Å²) in [5, 5.41) is 12.6. The highest BCUT2D eigenvalue weighted by atomic mass is 35.5. The molecule has 0 heterocycles. The van der Waals surface area contributed by atoms with Crippen molar-refractivity contribution in [2.45, 2.75) is 81.7 Å². The lowest BCUT2D eigenvalue weighted by atomic mass is 9.84. The first kappa shape index (κ1) is 24.0. The maximum Gasteiger partial charge on any atom is 0.308 e. The van der Waals surface area contributed by atoms with E-state index in [-0.39, 0.29) is 17.5 Å². The number of nitrogens with one attached hydrogen (secondary N) is 1. The summed E-state index contributed by atoms with van der Waals surface area (Å²) in [5.74, 6) is -2.00. The van der Waals surface area contributed by atoms with Crippen LogP contribution in [0, 0.1) is 12.8 Å². The van der Waals surface area contributed by atoms with Crippen LogP contribution in [0.4, 0.5) is 0 Å². The molecule has 2 aliphatic carbocycles. The van der Waals surface area contributed by atoms with Gasteiger partial charge in [0, 0.05) is 17.1 Å². The van der Waals surface area contributed by atoms with Crippen molar-refractivity contribution in [2.75, 3.05) is 6.54 Å². The third-order valence-electron chi connectivity index (χ3n) is 6.33. The number of benzene rings is 1. The predicted octanol–water partition coefficient (Wildman–Crippen LogP) is 3.73. The molecule has 0 aliphatic heterocycles. The van der Waals surface area contributed by atoms with Crippen molar-refractivity contribution < 1.29 is 23.1 Å². The van der Waals surface area contributed by atoms with Crippen LogP contribution in [-0.4, -0.2) is 48.3 Å². The number of rotatable bonds is 7. The number of carboxylic acids is 1. The van der Waals surface area contributed by atoms with Crippen LogP contribution in [0.3, 0.4) is 0 Å². The van der Waals surface area contributed by atoms with Gasteiger partial charge in [0.25, 0.3) is 0 Å². The monoisotopic (exact) mass is 470 g/mol. The summed E-state index contributed by atoms with van der Waals surface area (Å²) in [6.45, 7) is 1.46.